The molecule has 0 atom stereocenters. The van der Waals surface area contributed by atoms with Gasteiger partial charge in [0.2, 0.25) is 0 Å². The van der Waals surface area contributed by atoms with E-state index in [9.17, 15) is 14.0 Å². The Morgan fingerprint density at radius 2 is 1.74 bits per heavy atom. The molecule has 0 aliphatic carbocycles. The summed E-state index contributed by atoms with van der Waals surface area (Å²) in [7, 11) is 0. The second-order valence-corrected chi connectivity index (χ2v) is 7.37. The number of hydrogen-bond donors (Lipinski definition) is 2. The molecular weight excluding hydrogens is 435 g/mol. The van der Waals surface area contributed by atoms with Crippen molar-refractivity contribution in [2.24, 2.45) is 0 Å². The van der Waals surface area contributed by atoms with Crippen molar-refractivity contribution in [3.05, 3.63) is 80.2 Å². The first-order chi connectivity index (χ1) is 13.0. The second-order valence-electron chi connectivity index (χ2n) is 5.48. The summed E-state index contributed by atoms with van der Waals surface area (Å²) < 4.78 is 13.6. The minimum absolute atomic E-state index is 0.0763. The number of hydrogen-bond acceptors (Lipinski definition) is 5. The van der Waals surface area contributed by atoms with Crippen LogP contribution in [-0.4, -0.2) is 21.8 Å². The van der Waals surface area contributed by atoms with Gasteiger partial charge in [0, 0.05) is 17.5 Å². The molecule has 0 saturated carbocycles. The largest absolute Gasteiger partial charge is 0.347 e. The Labute approximate surface area is 167 Å². The first kappa shape index (κ1) is 19.1. The summed E-state index contributed by atoms with van der Waals surface area (Å²) in [6.45, 7) is 0.586. The van der Waals surface area contributed by atoms with E-state index in [2.05, 4.69) is 36.5 Å². The highest BCUT2D eigenvalue weighted by Gasteiger charge is 2.13. The van der Waals surface area contributed by atoms with Gasteiger partial charge in [0.05, 0.1) is 11.0 Å². The molecule has 0 saturated heterocycles. The normalized spacial score (nSPS) is 10.4. The highest BCUT2D eigenvalue weighted by molar-refractivity contribution is 9.10. The molecule has 0 aliphatic rings. The molecule has 2 amide bonds. The third-order valence-corrected chi connectivity index (χ3v) is 5.06. The molecule has 9 heteroatoms. The van der Waals surface area contributed by atoms with Crippen LogP contribution < -0.4 is 10.6 Å². The van der Waals surface area contributed by atoms with E-state index in [-0.39, 0.29) is 29.7 Å². The van der Waals surface area contributed by atoms with Gasteiger partial charge in [-0.25, -0.2) is 14.4 Å². The van der Waals surface area contributed by atoms with E-state index >= 15 is 0 Å². The minimum atomic E-state index is -0.454. The molecule has 0 unspecified atom stereocenters. The number of rotatable bonds is 6. The topological polar surface area (TPSA) is 84.0 Å². The Bertz CT molecular complexity index is 966. The summed E-state index contributed by atoms with van der Waals surface area (Å²) in [5.41, 5.74) is 0.906. The average Bonchev–Trinajstić information content (AvgIpc) is 3.20. The standard InChI is InChI=1S/C18H14BrFN4O2S/c19-13-6-11(3-4-14(13)20)8-21-17(25)15-7-16(24-10-23-15)18(26)22-9-12-2-1-5-27-12/h1-7,10H,8-9H2,(H,21,25)(H,22,26). The fraction of sp³-hybridized carbons (Fsp3) is 0.111. The SMILES string of the molecule is O=C(NCc1ccc(F)c(Br)c1)c1cc(C(=O)NCc2cccs2)ncn1. The number of nitrogens with one attached hydrogen (secondary N) is 2. The lowest BCUT2D eigenvalue weighted by Gasteiger charge is -2.07. The van der Waals surface area contributed by atoms with Gasteiger partial charge in [0.25, 0.3) is 11.8 Å². The number of aromatic nitrogens is 2. The fourth-order valence-electron chi connectivity index (χ4n) is 2.20. The zero-order valence-corrected chi connectivity index (χ0v) is 16.3. The number of halogens is 2. The second kappa shape index (κ2) is 8.83. The van der Waals surface area contributed by atoms with Crippen LogP contribution in [0.1, 0.15) is 31.4 Å². The summed E-state index contributed by atoms with van der Waals surface area (Å²) in [5, 5.41) is 7.35. The molecule has 2 heterocycles. The van der Waals surface area contributed by atoms with Gasteiger partial charge >= 0.3 is 0 Å². The highest BCUT2D eigenvalue weighted by atomic mass is 79.9. The van der Waals surface area contributed by atoms with Crippen LogP contribution in [0.5, 0.6) is 0 Å². The van der Waals surface area contributed by atoms with Crippen LogP contribution in [0.2, 0.25) is 0 Å². The molecule has 0 radical (unpaired) electrons. The molecule has 0 bridgehead atoms. The number of amides is 2. The van der Waals surface area contributed by atoms with Gasteiger partial charge in [-0.15, -0.1) is 11.3 Å². The molecular formula is C18H14BrFN4O2S. The molecule has 3 aromatic rings. The lowest BCUT2D eigenvalue weighted by molar-refractivity contribution is 0.0944. The lowest BCUT2D eigenvalue weighted by atomic mass is 10.2. The van der Waals surface area contributed by atoms with Crippen LogP contribution in [0.4, 0.5) is 4.39 Å². The van der Waals surface area contributed by atoms with Crippen LogP contribution in [0.3, 0.4) is 0 Å². The van der Waals surface area contributed by atoms with Crippen molar-refractivity contribution in [1.29, 1.82) is 0 Å². The van der Waals surface area contributed by atoms with Crippen molar-refractivity contribution in [3.63, 3.8) is 0 Å². The van der Waals surface area contributed by atoms with Gasteiger partial charge in [-0.1, -0.05) is 12.1 Å². The van der Waals surface area contributed by atoms with Crippen molar-refractivity contribution in [1.82, 2.24) is 20.6 Å². The predicted molar refractivity (Wildman–Crippen MR) is 103 cm³/mol. The van der Waals surface area contributed by atoms with Gasteiger partial charge in [-0.05, 0) is 45.1 Å². The number of thiophene rings is 1. The number of nitrogens with zero attached hydrogens (tertiary/aromatic N) is 2. The lowest BCUT2D eigenvalue weighted by Crippen LogP contribution is -2.27. The Morgan fingerprint density at radius 3 is 2.37 bits per heavy atom. The third-order valence-electron chi connectivity index (χ3n) is 3.57. The summed E-state index contributed by atoms with van der Waals surface area (Å²) in [4.78, 5) is 33.3. The molecule has 2 aromatic heterocycles. The van der Waals surface area contributed by atoms with Crippen LogP contribution in [0.25, 0.3) is 0 Å². The quantitative estimate of drug-likeness (QED) is 0.605. The molecule has 27 heavy (non-hydrogen) atoms. The predicted octanol–water partition coefficient (Wildman–Crippen LogP) is 3.30. The molecule has 0 fully saturated rings. The number of benzene rings is 1. The average molecular weight is 449 g/mol. The molecule has 0 aliphatic heterocycles. The zero-order chi connectivity index (χ0) is 19.2. The first-order valence-corrected chi connectivity index (χ1v) is 9.55. The number of carbonyl (C=O) groups excluding carboxylic acids is 2. The van der Waals surface area contributed by atoms with Crippen molar-refractivity contribution in [2.45, 2.75) is 13.1 Å². The van der Waals surface area contributed by atoms with Gasteiger partial charge in [0.15, 0.2) is 0 Å². The van der Waals surface area contributed by atoms with E-state index < -0.39 is 5.91 Å². The summed E-state index contributed by atoms with van der Waals surface area (Å²) in [6, 6.07) is 9.62. The Morgan fingerprint density at radius 1 is 1.04 bits per heavy atom. The van der Waals surface area contributed by atoms with E-state index in [0.717, 1.165) is 10.4 Å². The maximum absolute atomic E-state index is 13.2. The maximum Gasteiger partial charge on any atom is 0.270 e. The minimum Gasteiger partial charge on any atom is -0.347 e. The van der Waals surface area contributed by atoms with Crippen molar-refractivity contribution in [2.75, 3.05) is 0 Å². The highest BCUT2D eigenvalue weighted by Crippen LogP contribution is 2.16. The van der Waals surface area contributed by atoms with Crippen molar-refractivity contribution >= 4 is 39.1 Å². The fourth-order valence-corrected chi connectivity index (χ4v) is 3.27. The van der Waals surface area contributed by atoms with E-state index in [4.69, 9.17) is 0 Å². The molecule has 6 nitrogen and oxygen atoms in total. The zero-order valence-electron chi connectivity index (χ0n) is 13.9. The Balaban J connectivity index is 1.60. The molecule has 138 valence electrons. The number of carbonyl (C=O) groups is 2. The van der Waals surface area contributed by atoms with Crippen molar-refractivity contribution in [3.8, 4) is 0 Å². The molecule has 0 spiro atoms. The van der Waals surface area contributed by atoms with Crippen LogP contribution in [0.15, 0.2) is 52.6 Å². The van der Waals surface area contributed by atoms with Gasteiger partial charge in [0.1, 0.15) is 23.5 Å². The van der Waals surface area contributed by atoms with E-state index in [1.165, 1.54) is 29.8 Å². The molecule has 2 N–H and O–H groups in total. The van der Waals surface area contributed by atoms with Crippen molar-refractivity contribution < 1.29 is 14.0 Å². The summed E-state index contributed by atoms with van der Waals surface area (Å²) in [5.74, 6) is -1.22. The maximum atomic E-state index is 13.2. The third kappa shape index (κ3) is 5.18. The van der Waals surface area contributed by atoms with E-state index in [1.54, 1.807) is 12.1 Å². The van der Waals surface area contributed by atoms with E-state index in [1.807, 2.05) is 17.5 Å². The summed E-state index contributed by atoms with van der Waals surface area (Å²) >= 11 is 4.64. The Kier molecular flexibility index (Phi) is 6.25. The van der Waals surface area contributed by atoms with E-state index in [0.29, 0.717) is 11.0 Å². The van der Waals surface area contributed by atoms with Crippen LogP contribution >= 0.6 is 27.3 Å². The first-order valence-electron chi connectivity index (χ1n) is 7.87. The molecule has 3 rings (SSSR count). The molecule has 1 aromatic carbocycles. The van der Waals surface area contributed by atoms with Crippen LogP contribution in [0, 0.1) is 5.82 Å². The van der Waals surface area contributed by atoms with Gasteiger partial charge in [-0.2, -0.15) is 0 Å². The van der Waals surface area contributed by atoms with Crippen LogP contribution in [-0.2, 0) is 13.1 Å². The summed E-state index contributed by atoms with van der Waals surface area (Å²) in [6.07, 6.45) is 1.17. The monoisotopic (exact) mass is 448 g/mol. The Hall–Kier alpha value is -2.65. The van der Waals surface area contributed by atoms with Gasteiger partial charge in [-0.3, -0.25) is 9.59 Å². The smallest absolute Gasteiger partial charge is 0.270 e. The van der Waals surface area contributed by atoms with Gasteiger partial charge < -0.3 is 10.6 Å².